The third-order valence-electron chi connectivity index (χ3n) is 5.68. The summed E-state index contributed by atoms with van der Waals surface area (Å²) in [6, 6.07) is 17.2. The van der Waals surface area contributed by atoms with Crippen molar-refractivity contribution < 1.29 is 0 Å². The first-order chi connectivity index (χ1) is 13.3. The monoisotopic (exact) mass is 378 g/mol. The summed E-state index contributed by atoms with van der Waals surface area (Å²) in [5.74, 6) is 0.570. The fraction of sp³-hybridized carbons (Fsp3) is 0.375. The average Bonchev–Trinajstić information content (AvgIpc) is 3.09. The number of rotatable bonds is 6. The summed E-state index contributed by atoms with van der Waals surface area (Å²) in [5.41, 5.74) is 4.20. The first kappa shape index (κ1) is 18.3. The number of unbranched alkanes of at least 4 members (excludes halogenated alkanes) is 2. The van der Waals surface area contributed by atoms with Crippen LogP contribution in [0.3, 0.4) is 0 Å². The summed E-state index contributed by atoms with van der Waals surface area (Å²) >= 11 is 6.34. The van der Waals surface area contributed by atoms with Crippen molar-refractivity contribution in [2.24, 2.45) is 4.99 Å². The van der Waals surface area contributed by atoms with Crippen LogP contribution in [-0.4, -0.2) is 11.1 Å². The Kier molecular flexibility index (Phi) is 5.63. The van der Waals surface area contributed by atoms with E-state index >= 15 is 0 Å². The summed E-state index contributed by atoms with van der Waals surface area (Å²) in [5, 5.41) is 3.07. The first-order valence-corrected chi connectivity index (χ1v) is 10.5. The molecule has 2 aromatic carbocycles. The van der Waals surface area contributed by atoms with Crippen LogP contribution >= 0.6 is 11.6 Å². The number of nitrogens with zero attached hydrogens (tertiary/aromatic N) is 2. The van der Waals surface area contributed by atoms with Crippen molar-refractivity contribution >= 4 is 22.5 Å². The predicted molar refractivity (Wildman–Crippen MR) is 114 cm³/mol. The molecule has 1 aliphatic carbocycles. The van der Waals surface area contributed by atoms with Gasteiger partial charge in [-0.25, -0.2) is 0 Å². The van der Waals surface area contributed by atoms with Crippen molar-refractivity contribution in [3.8, 4) is 0 Å². The second-order valence-electron chi connectivity index (χ2n) is 7.54. The lowest BCUT2D eigenvalue weighted by Gasteiger charge is -2.17. The highest BCUT2D eigenvalue weighted by Crippen LogP contribution is 2.34. The average molecular weight is 379 g/mol. The van der Waals surface area contributed by atoms with Gasteiger partial charge in [0.05, 0.1) is 10.9 Å². The second kappa shape index (κ2) is 8.31. The lowest BCUT2D eigenvalue weighted by atomic mass is 10.0. The summed E-state index contributed by atoms with van der Waals surface area (Å²) in [7, 11) is 0. The molecular weight excluding hydrogens is 352 g/mol. The van der Waals surface area contributed by atoms with Gasteiger partial charge in [0.15, 0.2) is 0 Å². The topological polar surface area (TPSA) is 17.3 Å². The summed E-state index contributed by atoms with van der Waals surface area (Å²) in [4.78, 5) is 4.85. The summed E-state index contributed by atoms with van der Waals surface area (Å²) in [6.07, 6.45) is 8.21. The van der Waals surface area contributed by atoms with Crippen LogP contribution in [0.25, 0.3) is 10.9 Å². The number of aryl methyl sites for hydroxylation is 1. The Morgan fingerprint density at radius 1 is 1.11 bits per heavy atom. The van der Waals surface area contributed by atoms with E-state index in [1.807, 2.05) is 6.07 Å². The zero-order chi connectivity index (χ0) is 18.6. The van der Waals surface area contributed by atoms with Gasteiger partial charge in [0.25, 0.3) is 0 Å². The minimum Gasteiger partial charge on any atom is -0.347 e. The minimum atomic E-state index is 0.570. The zero-order valence-electron chi connectivity index (χ0n) is 16.0. The Hall–Kier alpha value is -2.06. The lowest BCUT2D eigenvalue weighted by molar-refractivity contribution is 0.565. The highest BCUT2D eigenvalue weighted by molar-refractivity contribution is 6.31. The number of halogens is 1. The molecule has 2 nitrogen and oxygen atoms in total. The van der Waals surface area contributed by atoms with Gasteiger partial charge in [-0.2, -0.15) is 0 Å². The number of hydrogen-bond acceptors (Lipinski definition) is 1. The van der Waals surface area contributed by atoms with Crippen molar-refractivity contribution in [1.82, 2.24) is 4.57 Å². The molecule has 1 atom stereocenters. The number of pyridine rings is 1. The third kappa shape index (κ3) is 3.96. The van der Waals surface area contributed by atoms with Crippen molar-refractivity contribution in [1.29, 1.82) is 0 Å². The van der Waals surface area contributed by atoms with Crippen molar-refractivity contribution in [2.45, 2.75) is 51.5 Å². The molecule has 0 aliphatic heterocycles. The van der Waals surface area contributed by atoms with Crippen LogP contribution in [-0.2, 0) is 13.0 Å². The van der Waals surface area contributed by atoms with E-state index in [9.17, 15) is 0 Å². The van der Waals surface area contributed by atoms with Crippen LogP contribution < -0.4 is 5.36 Å². The maximum absolute atomic E-state index is 6.34. The number of hydrogen-bond donors (Lipinski definition) is 0. The quantitative estimate of drug-likeness (QED) is 0.460. The molecule has 0 radical (unpaired) electrons. The van der Waals surface area contributed by atoms with E-state index in [0.29, 0.717) is 5.92 Å². The smallest absolute Gasteiger partial charge is 0.0682 e. The fourth-order valence-corrected chi connectivity index (χ4v) is 4.39. The minimum absolute atomic E-state index is 0.570. The molecule has 1 aromatic heterocycles. The van der Waals surface area contributed by atoms with Crippen molar-refractivity contribution in [2.75, 3.05) is 6.54 Å². The Morgan fingerprint density at radius 2 is 2.00 bits per heavy atom. The van der Waals surface area contributed by atoms with Gasteiger partial charge < -0.3 is 4.57 Å². The predicted octanol–water partition coefficient (Wildman–Crippen LogP) is 6.12. The molecule has 0 saturated heterocycles. The van der Waals surface area contributed by atoms with E-state index in [4.69, 9.17) is 16.6 Å². The SMILES string of the molecule is CCCCCN=c1ccn(CC2CCc3ccccc32)c2cc(Cl)ccc12. The molecule has 27 heavy (non-hydrogen) atoms. The molecule has 0 spiro atoms. The van der Waals surface area contributed by atoms with Gasteiger partial charge in [-0.3, -0.25) is 4.99 Å². The van der Waals surface area contributed by atoms with Gasteiger partial charge in [0.2, 0.25) is 0 Å². The second-order valence-corrected chi connectivity index (χ2v) is 7.97. The Bertz CT molecular complexity index is 1000. The van der Waals surface area contributed by atoms with Gasteiger partial charge in [0.1, 0.15) is 0 Å². The Balaban J connectivity index is 1.69. The fourth-order valence-electron chi connectivity index (χ4n) is 4.22. The highest BCUT2D eigenvalue weighted by atomic mass is 35.5. The maximum Gasteiger partial charge on any atom is 0.0682 e. The van der Waals surface area contributed by atoms with Gasteiger partial charge >= 0.3 is 0 Å². The number of fused-ring (bicyclic) bond motifs is 2. The van der Waals surface area contributed by atoms with Gasteiger partial charge in [-0.05, 0) is 54.7 Å². The molecule has 0 N–H and O–H groups in total. The van der Waals surface area contributed by atoms with Crippen LogP contribution in [0, 0.1) is 0 Å². The Labute approximate surface area is 166 Å². The molecule has 140 valence electrons. The molecule has 0 fully saturated rings. The molecule has 0 saturated carbocycles. The summed E-state index contributed by atoms with van der Waals surface area (Å²) in [6.45, 7) is 4.11. The zero-order valence-corrected chi connectivity index (χ0v) is 16.8. The summed E-state index contributed by atoms with van der Waals surface area (Å²) < 4.78 is 2.36. The number of aromatic nitrogens is 1. The van der Waals surface area contributed by atoms with Gasteiger partial charge in [0, 0.05) is 35.6 Å². The third-order valence-corrected chi connectivity index (χ3v) is 5.91. The maximum atomic E-state index is 6.34. The molecule has 0 amide bonds. The highest BCUT2D eigenvalue weighted by Gasteiger charge is 2.22. The van der Waals surface area contributed by atoms with E-state index in [-0.39, 0.29) is 0 Å². The van der Waals surface area contributed by atoms with Gasteiger partial charge in [-0.15, -0.1) is 0 Å². The van der Waals surface area contributed by atoms with Crippen molar-refractivity contribution in [3.63, 3.8) is 0 Å². The van der Waals surface area contributed by atoms with Crippen molar-refractivity contribution in [3.05, 3.63) is 76.2 Å². The molecule has 0 bridgehead atoms. The molecule has 1 unspecified atom stereocenters. The molecule has 1 aliphatic rings. The normalized spacial score (nSPS) is 16.8. The van der Waals surface area contributed by atoms with Crippen LogP contribution in [0.5, 0.6) is 0 Å². The van der Waals surface area contributed by atoms with E-state index < -0.39 is 0 Å². The van der Waals surface area contributed by atoms with Crippen LogP contribution in [0.2, 0.25) is 5.02 Å². The van der Waals surface area contributed by atoms with Crippen LogP contribution in [0.15, 0.2) is 59.7 Å². The Morgan fingerprint density at radius 3 is 2.89 bits per heavy atom. The standard InChI is InChI=1S/C24H27ClN2/c1-2-3-6-14-26-23-13-15-27(24-16-20(25)11-12-22(23)24)17-19-10-9-18-7-4-5-8-21(18)19/h4-5,7-8,11-13,15-16,19H,2-3,6,9-10,14,17H2,1H3. The van der Waals surface area contributed by atoms with E-state index in [1.54, 1.807) is 0 Å². The van der Waals surface area contributed by atoms with E-state index in [1.165, 1.54) is 47.7 Å². The molecular formula is C24H27ClN2. The number of benzene rings is 2. The largest absolute Gasteiger partial charge is 0.347 e. The molecule has 3 aromatic rings. The molecule has 1 heterocycles. The molecule has 4 rings (SSSR count). The molecule has 3 heteroatoms. The van der Waals surface area contributed by atoms with E-state index in [0.717, 1.165) is 29.9 Å². The lowest BCUT2D eigenvalue weighted by Crippen LogP contribution is -2.13. The first-order valence-electron chi connectivity index (χ1n) is 10.1. The van der Waals surface area contributed by atoms with Gasteiger partial charge in [-0.1, -0.05) is 55.6 Å². The van der Waals surface area contributed by atoms with Crippen LogP contribution in [0.1, 0.15) is 49.7 Å². The van der Waals surface area contributed by atoms with Crippen LogP contribution in [0.4, 0.5) is 0 Å². The van der Waals surface area contributed by atoms with E-state index in [2.05, 4.69) is 60.2 Å².